The Balaban J connectivity index is 1.61. The topological polar surface area (TPSA) is 71.2 Å². The van der Waals surface area contributed by atoms with Gasteiger partial charge in [-0.2, -0.15) is 5.10 Å². The van der Waals surface area contributed by atoms with Crippen LogP contribution >= 0.6 is 11.3 Å². The number of amides is 1. The summed E-state index contributed by atoms with van der Waals surface area (Å²) >= 11 is 1.61. The predicted octanol–water partition coefficient (Wildman–Crippen LogP) is 1.68. The number of hydrogen-bond acceptors (Lipinski definition) is 5. The summed E-state index contributed by atoms with van der Waals surface area (Å²) in [7, 11) is 0. The molecule has 0 bridgehead atoms. The quantitative estimate of drug-likeness (QED) is 0.930. The summed E-state index contributed by atoms with van der Waals surface area (Å²) in [4.78, 5) is 19.7. The van der Waals surface area contributed by atoms with Crippen LogP contribution in [0.4, 0.5) is 0 Å². The van der Waals surface area contributed by atoms with E-state index in [0.717, 1.165) is 17.8 Å². The predicted molar refractivity (Wildman–Crippen MR) is 83.4 cm³/mol. The summed E-state index contributed by atoms with van der Waals surface area (Å²) < 4.78 is 1.89. The van der Waals surface area contributed by atoms with Crippen molar-refractivity contribution in [1.29, 1.82) is 0 Å². The standard InChI is InChI=1S/C15H20N4O2S/c1-10-14(22-9-16-10)3-4-15(21)18-5-6-19-12(8-18)7-13(17-19)11(2)20/h7,9,11,20H,3-6,8H2,1-2H3/t11-/m0/s1. The van der Waals surface area contributed by atoms with Gasteiger partial charge in [-0.3, -0.25) is 9.48 Å². The molecule has 0 unspecified atom stereocenters. The van der Waals surface area contributed by atoms with Crippen LogP contribution in [0, 0.1) is 6.92 Å². The number of aryl methyl sites for hydroxylation is 2. The summed E-state index contributed by atoms with van der Waals surface area (Å²) in [6.45, 7) is 5.62. The minimum atomic E-state index is -0.573. The van der Waals surface area contributed by atoms with E-state index in [4.69, 9.17) is 0 Å². The molecule has 1 amide bonds. The molecular formula is C15H20N4O2S. The monoisotopic (exact) mass is 320 g/mol. The molecule has 0 saturated heterocycles. The highest BCUT2D eigenvalue weighted by molar-refractivity contribution is 7.09. The molecule has 3 heterocycles. The molecule has 1 N–H and O–H groups in total. The lowest BCUT2D eigenvalue weighted by Crippen LogP contribution is -2.38. The molecule has 0 aromatic carbocycles. The van der Waals surface area contributed by atoms with Crippen LogP contribution in [0.3, 0.4) is 0 Å². The van der Waals surface area contributed by atoms with E-state index < -0.39 is 6.10 Å². The van der Waals surface area contributed by atoms with Gasteiger partial charge in [0.1, 0.15) is 0 Å². The zero-order valence-electron chi connectivity index (χ0n) is 12.8. The molecule has 0 saturated carbocycles. The summed E-state index contributed by atoms with van der Waals surface area (Å²) in [5.41, 5.74) is 4.51. The van der Waals surface area contributed by atoms with E-state index in [9.17, 15) is 9.90 Å². The third kappa shape index (κ3) is 3.05. The number of thiazole rings is 1. The highest BCUT2D eigenvalue weighted by Crippen LogP contribution is 2.20. The maximum atomic E-state index is 12.4. The number of aliphatic hydroxyl groups excluding tert-OH is 1. The van der Waals surface area contributed by atoms with Crippen molar-refractivity contribution in [3.05, 3.63) is 33.5 Å². The van der Waals surface area contributed by atoms with Crippen molar-refractivity contribution in [2.45, 2.75) is 45.9 Å². The lowest BCUT2D eigenvalue weighted by Gasteiger charge is -2.27. The van der Waals surface area contributed by atoms with Crippen molar-refractivity contribution in [2.24, 2.45) is 0 Å². The Kier molecular flexibility index (Phi) is 4.26. The van der Waals surface area contributed by atoms with E-state index in [1.165, 1.54) is 4.88 Å². The highest BCUT2D eigenvalue weighted by atomic mass is 32.1. The van der Waals surface area contributed by atoms with Gasteiger partial charge in [0.2, 0.25) is 5.91 Å². The largest absolute Gasteiger partial charge is 0.387 e. The number of nitrogens with zero attached hydrogens (tertiary/aromatic N) is 4. The fraction of sp³-hybridized carbons (Fsp3) is 0.533. The lowest BCUT2D eigenvalue weighted by molar-refractivity contribution is -0.132. The second kappa shape index (κ2) is 6.18. The van der Waals surface area contributed by atoms with Crippen LogP contribution < -0.4 is 0 Å². The molecule has 3 rings (SSSR count). The first-order chi connectivity index (χ1) is 10.5. The average Bonchev–Trinajstić information content (AvgIpc) is 3.09. The normalized spacial score (nSPS) is 15.7. The van der Waals surface area contributed by atoms with Gasteiger partial charge in [-0.1, -0.05) is 0 Å². The van der Waals surface area contributed by atoms with Crippen LogP contribution in [0.5, 0.6) is 0 Å². The minimum Gasteiger partial charge on any atom is -0.387 e. The Morgan fingerprint density at radius 2 is 2.32 bits per heavy atom. The van der Waals surface area contributed by atoms with Gasteiger partial charge in [-0.05, 0) is 26.3 Å². The first kappa shape index (κ1) is 15.2. The Morgan fingerprint density at radius 1 is 1.50 bits per heavy atom. The molecule has 1 aliphatic rings. The number of aliphatic hydroxyl groups is 1. The SMILES string of the molecule is Cc1ncsc1CCC(=O)N1CCn2nc([C@H](C)O)cc2C1. The molecule has 2 aromatic heterocycles. The van der Waals surface area contributed by atoms with Gasteiger partial charge in [-0.25, -0.2) is 4.98 Å². The van der Waals surface area contributed by atoms with Crippen LogP contribution in [0.1, 0.15) is 41.4 Å². The van der Waals surface area contributed by atoms with Gasteiger partial charge in [-0.15, -0.1) is 11.3 Å². The average molecular weight is 320 g/mol. The number of hydrogen-bond donors (Lipinski definition) is 1. The smallest absolute Gasteiger partial charge is 0.223 e. The van der Waals surface area contributed by atoms with E-state index in [1.54, 1.807) is 18.3 Å². The molecule has 1 atom stereocenters. The van der Waals surface area contributed by atoms with Crippen molar-refractivity contribution in [2.75, 3.05) is 6.54 Å². The zero-order valence-corrected chi connectivity index (χ0v) is 13.6. The van der Waals surface area contributed by atoms with E-state index in [0.29, 0.717) is 31.7 Å². The number of carbonyl (C=O) groups excluding carboxylic acids is 1. The Morgan fingerprint density at radius 3 is 3.00 bits per heavy atom. The molecule has 6 nitrogen and oxygen atoms in total. The van der Waals surface area contributed by atoms with Gasteiger partial charge >= 0.3 is 0 Å². The van der Waals surface area contributed by atoms with Gasteiger partial charge in [0, 0.05) is 17.8 Å². The molecule has 7 heteroatoms. The van der Waals surface area contributed by atoms with Crippen LogP contribution in [0.15, 0.2) is 11.6 Å². The van der Waals surface area contributed by atoms with E-state index >= 15 is 0 Å². The third-order valence-corrected chi connectivity index (χ3v) is 5.00. The molecule has 118 valence electrons. The minimum absolute atomic E-state index is 0.166. The van der Waals surface area contributed by atoms with Crippen molar-refractivity contribution in [3.63, 3.8) is 0 Å². The molecule has 0 fully saturated rings. The summed E-state index contributed by atoms with van der Waals surface area (Å²) in [6, 6.07) is 1.89. The molecule has 0 aliphatic carbocycles. The Labute approximate surface area is 133 Å². The van der Waals surface area contributed by atoms with Crippen LogP contribution in [0.25, 0.3) is 0 Å². The van der Waals surface area contributed by atoms with Gasteiger partial charge < -0.3 is 10.0 Å². The molecule has 22 heavy (non-hydrogen) atoms. The van der Waals surface area contributed by atoms with Crippen LogP contribution in [0.2, 0.25) is 0 Å². The third-order valence-electron chi connectivity index (χ3n) is 4.01. The first-order valence-electron chi connectivity index (χ1n) is 7.46. The number of fused-ring (bicyclic) bond motifs is 1. The fourth-order valence-electron chi connectivity index (χ4n) is 2.65. The second-order valence-electron chi connectivity index (χ2n) is 5.64. The van der Waals surface area contributed by atoms with Gasteiger partial charge in [0.25, 0.3) is 0 Å². The molecule has 0 spiro atoms. The molecular weight excluding hydrogens is 300 g/mol. The van der Waals surface area contributed by atoms with Gasteiger partial charge in [0.15, 0.2) is 0 Å². The summed E-state index contributed by atoms with van der Waals surface area (Å²) in [5.74, 6) is 0.166. The Hall–Kier alpha value is -1.73. The van der Waals surface area contributed by atoms with E-state index in [-0.39, 0.29) is 5.91 Å². The second-order valence-corrected chi connectivity index (χ2v) is 6.58. The van der Waals surface area contributed by atoms with Crippen molar-refractivity contribution >= 4 is 17.2 Å². The molecule has 0 radical (unpaired) electrons. The number of carbonyl (C=O) groups is 1. The van der Waals surface area contributed by atoms with Crippen LogP contribution in [-0.4, -0.2) is 37.2 Å². The Bertz CT molecular complexity index is 677. The maximum absolute atomic E-state index is 12.4. The summed E-state index contributed by atoms with van der Waals surface area (Å²) in [6.07, 6.45) is 0.696. The fourth-order valence-corrected chi connectivity index (χ4v) is 3.43. The van der Waals surface area contributed by atoms with E-state index in [1.807, 2.05) is 28.1 Å². The summed E-state index contributed by atoms with van der Waals surface area (Å²) in [5, 5.41) is 14.0. The van der Waals surface area contributed by atoms with Gasteiger partial charge in [0.05, 0.1) is 41.8 Å². The first-order valence-corrected chi connectivity index (χ1v) is 8.34. The van der Waals surface area contributed by atoms with Crippen molar-refractivity contribution in [3.8, 4) is 0 Å². The lowest BCUT2D eigenvalue weighted by atomic mass is 10.2. The van der Waals surface area contributed by atoms with Crippen molar-refractivity contribution < 1.29 is 9.90 Å². The maximum Gasteiger partial charge on any atom is 0.223 e. The number of rotatable bonds is 4. The van der Waals surface area contributed by atoms with Crippen molar-refractivity contribution in [1.82, 2.24) is 19.7 Å². The molecule has 1 aliphatic heterocycles. The van der Waals surface area contributed by atoms with Crippen LogP contribution in [-0.2, 0) is 24.3 Å². The van der Waals surface area contributed by atoms with E-state index in [2.05, 4.69) is 10.1 Å². The zero-order chi connectivity index (χ0) is 15.7. The molecule has 2 aromatic rings. The number of aromatic nitrogens is 3. The highest BCUT2D eigenvalue weighted by Gasteiger charge is 2.23.